The minimum absolute atomic E-state index is 0.119. The lowest BCUT2D eigenvalue weighted by atomic mass is 9.86. The van der Waals surface area contributed by atoms with Gasteiger partial charge < -0.3 is 9.47 Å². The van der Waals surface area contributed by atoms with Crippen LogP contribution in [0.3, 0.4) is 0 Å². The molecule has 0 fully saturated rings. The van der Waals surface area contributed by atoms with Crippen LogP contribution in [0.1, 0.15) is 0 Å². The third-order valence-corrected chi connectivity index (χ3v) is 4.41. The van der Waals surface area contributed by atoms with Gasteiger partial charge >= 0.3 is 65.2 Å². The molecule has 0 aromatic heterocycles. The molecule has 0 aliphatic carbocycles. The second kappa shape index (κ2) is 10.3. The minimum atomic E-state index is -8.96. The maximum atomic E-state index is 13.7. The van der Waals surface area contributed by atoms with Crippen LogP contribution >= 0.6 is 0 Å². The molecule has 0 aliphatic heterocycles. The summed E-state index contributed by atoms with van der Waals surface area (Å²) >= 11 is 0. The lowest BCUT2D eigenvalue weighted by molar-refractivity contribution is -0.463. The highest BCUT2D eigenvalue weighted by atomic mass is 19.4. The number of ether oxygens (including phenoxy) is 2. The van der Waals surface area contributed by atoms with E-state index in [0.717, 1.165) is 0 Å². The molecule has 0 N–H and O–H groups in total. The maximum absolute atomic E-state index is 13.7. The predicted octanol–water partition coefficient (Wildman–Crippen LogP) is 6.16. The van der Waals surface area contributed by atoms with E-state index >= 15 is 0 Å². The molecule has 0 radical (unpaired) electrons. The number of esters is 2. The smallest absolute Gasteiger partial charge is 0.385 e. The number of carbonyl (C=O) groups excluding carboxylic acids is 2. The van der Waals surface area contributed by atoms with E-state index in [4.69, 9.17) is 0 Å². The van der Waals surface area contributed by atoms with E-state index in [0.29, 0.717) is 0 Å². The van der Waals surface area contributed by atoms with Crippen molar-refractivity contribution in [2.45, 2.75) is 53.3 Å². The highest BCUT2D eigenvalue weighted by Crippen LogP contribution is 2.65. The van der Waals surface area contributed by atoms with E-state index < -0.39 is 78.5 Å². The number of carbonyl (C=O) groups is 2. The van der Waals surface area contributed by atoms with Crippen molar-refractivity contribution in [1.29, 1.82) is 0 Å². The van der Waals surface area contributed by atoms with E-state index in [1.807, 2.05) is 0 Å². The number of hydrogen-bond acceptors (Lipinski definition) is 4. The van der Waals surface area contributed by atoms with Crippen LogP contribution in [0.5, 0.6) is 0 Å². The fourth-order valence-electron chi connectivity index (χ4n) is 2.07. The van der Waals surface area contributed by atoms with Gasteiger partial charge in [-0.25, -0.2) is 9.59 Å². The Labute approximate surface area is 203 Å². The van der Waals surface area contributed by atoms with E-state index in [-0.39, 0.29) is 12.2 Å². The molecule has 0 aromatic carbocycles. The lowest BCUT2D eigenvalue weighted by Gasteiger charge is -2.44. The standard InChI is InChI=1S/C17H10F18O4/c1-3-7(36)38-5-9(18,19)11(22,23)13(26,27)15(30,31)17(34,35)16(32,33)14(28,29)12(24,25)10(20,21)6-39-8(37)4-2/h3-4H,1-2,5-6H2. The first kappa shape index (κ1) is 36.2. The summed E-state index contributed by atoms with van der Waals surface area (Å²) in [7, 11) is 0. The van der Waals surface area contributed by atoms with Gasteiger partial charge in [-0.1, -0.05) is 13.2 Å². The molecule has 0 heterocycles. The molecule has 0 saturated carbocycles. The van der Waals surface area contributed by atoms with E-state index in [9.17, 15) is 88.6 Å². The summed E-state index contributed by atoms with van der Waals surface area (Å²) in [6.07, 6.45) is -0.238. The molecule has 4 nitrogen and oxygen atoms in total. The summed E-state index contributed by atoms with van der Waals surface area (Å²) in [5.41, 5.74) is 0. The first-order valence-corrected chi connectivity index (χ1v) is 8.90. The van der Waals surface area contributed by atoms with E-state index in [2.05, 4.69) is 22.6 Å². The third-order valence-electron chi connectivity index (χ3n) is 4.41. The van der Waals surface area contributed by atoms with Gasteiger partial charge in [-0.15, -0.1) is 0 Å². The molecule has 228 valence electrons. The largest absolute Gasteiger partial charge is 0.456 e. The summed E-state index contributed by atoms with van der Waals surface area (Å²) in [5.74, 6) is -78.0. The van der Waals surface area contributed by atoms with Crippen LogP contribution < -0.4 is 0 Å². The van der Waals surface area contributed by atoms with Crippen LogP contribution in [0.15, 0.2) is 25.3 Å². The Balaban J connectivity index is 6.79. The summed E-state index contributed by atoms with van der Waals surface area (Å²) in [5, 5.41) is 0. The van der Waals surface area contributed by atoms with Crippen molar-refractivity contribution in [2.24, 2.45) is 0 Å². The van der Waals surface area contributed by atoms with Crippen molar-refractivity contribution < 1.29 is 98.1 Å². The van der Waals surface area contributed by atoms with Crippen molar-refractivity contribution >= 4 is 11.9 Å². The number of rotatable bonds is 14. The second-order valence-corrected chi connectivity index (χ2v) is 7.05. The SMILES string of the molecule is C=CC(=O)OCC(F)(F)C(F)(F)C(F)(F)C(F)(F)C(F)(F)C(F)(F)C(F)(F)C(F)(F)C(F)(F)COC(=O)C=C. The van der Waals surface area contributed by atoms with Crippen LogP contribution in [0.25, 0.3) is 0 Å². The summed E-state index contributed by atoms with van der Waals surface area (Å²) in [6.45, 7) is -1.78. The molecule has 0 amide bonds. The van der Waals surface area contributed by atoms with Crippen LogP contribution in [-0.4, -0.2) is 78.5 Å². The Morgan fingerprint density at radius 3 is 0.795 bits per heavy atom. The minimum Gasteiger partial charge on any atom is -0.456 e. The van der Waals surface area contributed by atoms with Crippen molar-refractivity contribution in [1.82, 2.24) is 0 Å². The average molecular weight is 620 g/mol. The quantitative estimate of drug-likeness (QED) is 0.133. The normalized spacial score (nSPS) is 15.0. The van der Waals surface area contributed by atoms with Gasteiger partial charge in [-0.3, -0.25) is 0 Å². The van der Waals surface area contributed by atoms with E-state index in [1.54, 1.807) is 0 Å². The van der Waals surface area contributed by atoms with Gasteiger partial charge in [0.15, 0.2) is 13.2 Å². The highest BCUT2D eigenvalue weighted by molar-refractivity contribution is 5.81. The average Bonchev–Trinajstić information content (AvgIpc) is 2.79. The molecule has 0 aliphatic rings. The summed E-state index contributed by atoms with van der Waals surface area (Å²) in [6, 6.07) is 0. The molecular weight excluding hydrogens is 610 g/mol. The number of halogens is 18. The zero-order valence-electron chi connectivity index (χ0n) is 17.9. The van der Waals surface area contributed by atoms with Gasteiger partial charge in [0, 0.05) is 12.2 Å². The van der Waals surface area contributed by atoms with Crippen molar-refractivity contribution in [3.8, 4) is 0 Å². The Bertz CT molecular complexity index is 881. The topological polar surface area (TPSA) is 52.6 Å². The van der Waals surface area contributed by atoms with Crippen molar-refractivity contribution in [2.75, 3.05) is 13.2 Å². The van der Waals surface area contributed by atoms with Gasteiger partial charge in [-0.05, 0) is 0 Å². The molecule has 22 heteroatoms. The molecule has 0 spiro atoms. The summed E-state index contributed by atoms with van der Waals surface area (Å²) in [4.78, 5) is 21.2. The predicted molar refractivity (Wildman–Crippen MR) is 86.8 cm³/mol. The molecule has 0 unspecified atom stereocenters. The Kier molecular flexibility index (Phi) is 9.54. The van der Waals surface area contributed by atoms with Crippen LogP contribution in [0.4, 0.5) is 79.0 Å². The fraction of sp³-hybridized carbons (Fsp3) is 0.647. The van der Waals surface area contributed by atoms with Crippen LogP contribution in [-0.2, 0) is 19.1 Å². The van der Waals surface area contributed by atoms with Crippen LogP contribution in [0.2, 0.25) is 0 Å². The molecule has 0 atom stereocenters. The van der Waals surface area contributed by atoms with E-state index in [1.165, 1.54) is 0 Å². The molecule has 0 aromatic rings. The van der Waals surface area contributed by atoms with Crippen LogP contribution in [0, 0.1) is 0 Å². The molecule has 39 heavy (non-hydrogen) atoms. The number of hydrogen-bond donors (Lipinski definition) is 0. The van der Waals surface area contributed by atoms with Gasteiger partial charge in [-0.2, -0.15) is 79.0 Å². The molecule has 0 rings (SSSR count). The maximum Gasteiger partial charge on any atom is 0.385 e. The Hall–Kier alpha value is -2.84. The summed E-state index contributed by atoms with van der Waals surface area (Å²) < 4.78 is 251. The highest BCUT2D eigenvalue weighted by Gasteiger charge is 2.96. The fourth-order valence-corrected chi connectivity index (χ4v) is 2.07. The zero-order valence-corrected chi connectivity index (χ0v) is 17.9. The van der Waals surface area contributed by atoms with Gasteiger partial charge in [0.25, 0.3) is 0 Å². The van der Waals surface area contributed by atoms with Gasteiger partial charge in [0.2, 0.25) is 0 Å². The number of alkyl halides is 18. The zero-order chi connectivity index (χ0) is 31.9. The Morgan fingerprint density at radius 2 is 0.615 bits per heavy atom. The van der Waals surface area contributed by atoms with Gasteiger partial charge in [0.1, 0.15) is 0 Å². The van der Waals surface area contributed by atoms with Crippen molar-refractivity contribution in [3.63, 3.8) is 0 Å². The molecule has 0 bridgehead atoms. The lowest BCUT2D eigenvalue weighted by Crippen LogP contribution is -2.76. The Morgan fingerprint density at radius 1 is 0.436 bits per heavy atom. The first-order valence-electron chi connectivity index (χ1n) is 8.90. The van der Waals surface area contributed by atoms with Crippen molar-refractivity contribution in [3.05, 3.63) is 25.3 Å². The van der Waals surface area contributed by atoms with Gasteiger partial charge in [0.05, 0.1) is 0 Å². The molecular formula is C17H10F18O4. The molecule has 0 saturated heterocycles. The first-order chi connectivity index (χ1) is 16.9. The second-order valence-electron chi connectivity index (χ2n) is 7.05. The third kappa shape index (κ3) is 5.33. The monoisotopic (exact) mass is 620 g/mol.